The molecular weight excluding hydrogens is 421 g/mol. The van der Waals surface area contributed by atoms with Crippen LogP contribution in [0.5, 0.6) is 5.75 Å². The molecular formula is C23H27F3N4O2. The second-order valence-electron chi connectivity index (χ2n) is 7.99. The fourth-order valence-corrected chi connectivity index (χ4v) is 4.18. The maximum atomic E-state index is 13.0. The Kier molecular flexibility index (Phi) is 6.57. The molecule has 2 aromatic rings. The van der Waals surface area contributed by atoms with E-state index in [-0.39, 0.29) is 18.0 Å². The lowest BCUT2D eigenvalue weighted by atomic mass is 10.0. The summed E-state index contributed by atoms with van der Waals surface area (Å²) in [7, 11) is 0. The molecule has 2 aromatic carbocycles. The van der Waals surface area contributed by atoms with Gasteiger partial charge in [0.1, 0.15) is 11.8 Å². The predicted octanol–water partition coefficient (Wildman–Crippen LogP) is 3.36. The summed E-state index contributed by atoms with van der Waals surface area (Å²) in [5.41, 5.74) is 7.24. The summed E-state index contributed by atoms with van der Waals surface area (Å²) in [6.45, 7) is 4.49. The Morgan fingerprint density at radius 2 is 1.78 bits per heavy atom. The summed E-state index contributed by atoms with van der Waals surface area (Å²) in [4.78, 5) is 16.7. The minimum Gasteiger partial charge on any atom is -0.494 e. The Labute approximate surface area is 185 Å². The van der Waals surface area contributed by atoms with E-state index in [1.807, 2.05) is 36.1 Å². The van der Waals surface area contributed by atoms with Crippen molar-refractivity contribution in [2.75, 3.05) is 37.7 Å². The topological polar surface area (TPSA) is 56.8 Å². The first-order valence-electron chi connectivity index (χ1n) is 10.8. The van der Waals surface area contributed by atoms with Gasteiger partial charge in [0.05, 0.1) is 12.2 Å². The molecule has 4 rings (SSSR count). The molecule has 0 aromatic heterocycles. The third-order valence-corrected chi connectivity index (χ3v) is 5.92. The van der Waals surface area contributed by atoms with Crippen molar-refractivity contribution >= 4 is 11.6 Å². The van der Waals surface area contributed by atoms with Crippen LogP contribution in [0.15, 0.2) is 48.5 Å². The van der Waals surface area contributed by atoms with Crippen LogP contribution < -0.4 is 20.5 Å². The highest BCUT2D eigenvalue weighted by molar-refractivity contribution is 5.82. The number of nitrogens with zero attached hydrogens (tertiary/aromatic N) is 2. The minimum absolute atomic E-state index is 0.00892. The number of rotatable bonds is 5. The Morgan fingerprint density at radius 1 is 1.06 bits per heavy atom. The number of amides is 1. The van der Waals surface area contributed by atoms with Gasteiger partial charge in [-0.2, -0.15) is 13.2 Å². The van der Waals surface area contributed by atoms with E-state index in [9.17, 15) is 18.0 Å². The van der Waals surface area contributed by atoms with Gasteiger partial charge in [0.15, 0.2) is 0 Å². The van der Waals surface area contributed by atoms with Gasteiger partial charge in [0, 0.05) is 37.9 Å². The molecule has 2 saturated heterocycles. The summed E-state index contributed by atoms with van der Waals surface area (Å²) in [6, 6.07) is 12.8. The zero-order chi connectivity index (χ0) is 22.7. The van der Waals surface area contributed by atoms with Gasteiger partial charge in [0.2, 0.25) is 5.91 Å². The SMILES string of the molecule is CCOc1ccc(C2CC(C(=O)N3CCN(c4cccc(C(F)(F)F)c4)CC3)NN2)cc1. The summed E-state index contributed by atoms with van der Waals surface area (Å²) in [5.74, 6) is 0.822. The van der Waals surface area contributed by atoms with Crippen molar-refractivity contribution in [2.24, 2.45) is 0 Å². The van der Waals surface area contributed by atoms with Crippen LogP contribution in [0.2, 0.25) is 0 Å². The third kappa shape index (κ3) is 4.99. The predicted molar refractivity (Wildman–Crippen MR) is 115 cm³/mol. The first-order valence-corrected chi connectivity index (χ1v) is 10.8. The number of halogens is 3. The molecule has 2 N–H and O–H groups in total. The van der Waals surface area contributed by atoms with Crippen LogP contribution in [-0.2, 0) is 11.0 Å². The molecule has 0 saturated carbocycles. The highest BCUT2D eigenvalue weighted by Gasteiger charge is 2.35. The Morgan fingerprint density at radius 3 is 2.44 bits per heavy atom. The van der Waals surface area contributed by atoms with E-state index in [4.69, 9.17) is 4.74 Å². The molecule has 0 aliphatic carbocycles. The third-order valence-electron chi connectivity index (χ3n) is 5.92. The molecule has 2 fully saturated rings. The molecule has 2 atom stereocenters. The van der Waals surface area contributed by atoms with Gasteiger partial charge >= 0.3 is 6.18 Å². The van der Waals surface area contributed by atoms with E-state index >= 15 is 0 Å². The maximum absolute atomic E-state index is 13.0. The first-order chi connectivity index (χ1) is 15.3. The van der Waals surface area contributed by atoms with Crippen LogP contribution in [0.4, 0.5) is 18.9 Å². The standard InChI is InChI=1S/C23H27F3N4O2/c1-2-32-19-8-6-16(7-9-19)20-15-21(28-27-20)22(31)30-12-10-29(11-13-30)18-5-3-4-17(14-18)23(24,25)26/h3-9,14,20-21,27-28H,2,10-13,15H2,1H3. The first kappa shape index (κ1) is 22.4. The van der Waals surface area contributed by atoms with Crippen LogP contribution >= 0.6 is 0 Å². The highest BCUT2D eigenvalue weighted by atomic mass is 19.4. The van der Waals surface area contributed by atoms with Gasteiger partial charge in [-0.05, 0) is 49.2 Å². The van der Waals surface area contributed by atoms with E-state index in [1.54, 1.807) is 11.0 Å². The van der Waals surface area contributed by atoms with Crippen molar-refractivity contribution in [3.63, 3.8) is 0 Å². The van der Waals surface area contributed by atoms with E-state index < -0.39 is 11.7 Å². The lowest BCUT2D eigenvalue weighted by Gasteiger charge is -2.37. The zero-order valence-electron chi connectivity index (χ0n) is 17.9. The Balaban J connectivity index is 1.31. The molecule has 2 aliphatic rings. The number of benzene rings is 2. The van der Waals surface area contributed by atoms with Crippen molar-refractivity contribution in [3.05, 3.63) is 59.7 Å². The minimum atomic E-state index is -4.37. The molecule has 0 radical (unpaired) electrons. The number of hydrogen-bond donors (Lipinski definition) is 2. The lowest BCUT2D eigenvalue weighted by Crippen LogP contribution is -2.53. The lowest BCUT2D eigenvalue weighted by molar-refractivity contribution is -0.137. The largest absolute Gasteiger partial charge is 0.494 e. The number of carbonyl (C=O) groups is 1. The number of piperazine rings is 1. The van der Waals surface area contributed by atoms with Crippen LogP contribution in [0, 0.1) is 0 Å². The second kappa shape index (κ2) is 9.38. The quantitative estimate of drug-likeness (QED) is 0.735. The summed E-state index contributed by atoms with van der Waals surface area (Å²) >= 11 is 0. The average molecular weight is 448 g/mol. The number of nitrogens with one attached hydrogen (secondary N) is 2. The number of hydrogen-bond acceptors (Lipinski definition) is 5. The van der Waals surface area contributed by atoms with E-state index in [2.05, 4.69) is 10.9 Å². The van der Waals surface area contributed by atoms with Crippen LogP contribution in [0.1, 0.15) is 30.5 Å². The average Bonchev–Trinajstić information content (AvgIpc) is 3.29. The summed E-state index contributed by atoms with van der Waals surface area (Å²) in [5, 5.41) is 0. The van der Waals surface area contributed by atoms with Crippen molar-refractivity contribution in [1.29, 1.82) is 0 Å². The fraction of sp³-hybridized carbons (Fsp3) is 0.435. The van der Waals surface area contributed by atoms with Gasteiger partial charge < -0.3 is 14.5 Å². The molecule has 2 aliphatic heterocycles. The van der Waals surface area contributed by atoms with E-state index in [1.165, 1.54) is 12.1 Å². The molecule has 172 valence electrons. The van der Waals surface area contributed by atoms with Gasteiger partial charge in [-0.1, -0.05) is 18.2 Å². The monoisotopic (exact) mass is 448 g/mol. The molecule has 2 unspecified atom stereocenters. The van der Waals surface area contributed by atoms with Crippen LogP contribution in [0.25, 0.3) is 0 Å². The number of ether oxygens (including phenoxy) is 1. The van der Waals surface area contributed by atoms with E-state index in [0.29, 0.717) is 44.9 Å². The van der Waals surface area contributed by atoms with Crippen molar-refractivity contribution in [1.82, 2.24) is 15.8 Å². The van der Waals surface area contributed by atoms with Crippen LogP contribution in [-0.4, -0.2) is 49.6 Å². The molecule has 6 nitrogen and oxygen atoms in total. The zero-order valence-corrected chi connectivity index (χ0v) is 17.9. The van der Waals surface area contributed by atoms with Gasteiger partial charge in [-0.3, -0.25) is 4.79 Å². The van der Waals surface area contributed by atoms with Crippen molar-refractivity contribution in [3.8, 4) is 5.75 Å². The van der Waals surface area contributed by atoms with Gasteiger partial charge in [0.25, 0.3) is 0 Å². The van der Waals surface area contributed by atoms with Crippen molar-refractivity contribution < 1.29 is 22.7 Å². The molecule has 1 amide bonds. The molecule has 2 heterocycles. The van der Waals surface area contributed by atoms with Gasteiger partial charge in [-0.25, -0.2) is 10.9 Å². The smallest absolute Gasteiger partial charge is 0.416 e. The normalized spacial score (nSPS) is 21.6. The Bertz CT molecular complexity index is 928. The second-order valence-corrected chi connectivity index (χ2v) is 7.99. The molecule has 9 heteroatoms. The number of anilines is 1. The summed E-state index contributed by atoms with van der Waals surface area (Å²) in [6.07, 6.45) is -3.74. The van der Waals surface area contributed by atoms with Crippen LogP contribution in [0.3, 0.4) is 0 Å². The summed E-state index contributed by atoms with van der Waals surface area (Å²) < 4.78 is 44.5. The fourth-order valence-electron chi connectivity index (χ4n) is 4.18. The molecule has 32 heavy (non-hydrogen) atoms. The number of hydrazine groups is 1. The number of alkyl halides is 3. The molecule has 0 bridgehead atoms. The van der Waals surface area contributed by atoms with E-state index in [0.717, 1.165) is 17.4 Å². The Hall–Kier alpha value is -2.78. The highest BCUT2D eigenvalue weighted by Crippen LogP contribution is 2.32. The molecule has 0 spiro atoms. The van der Waals surface area contributed by atoms with Gasteiger partial charge in [-0.15, -0.1) is 0 Å². The van der Waals surface area contributed by atoms with Crippen molar-refractivity contribution in [2.45, 2.75) is 31.6 Å². The maximum Gasteiger partial charge on any atom is 0.416 e. The number of carbonyl (C=O) groups excluding carboxylic acids is 1.